The molecule has 1 atom stereocenters. The Kier molecular flexibility index (Phi) is 3.65. The lowest BCUT2D eigenvalue weighted by Crippen LogP contribution is -2.30. The highest BCUT2D eigenvalue weighted by atomic mass is 16.2. The fourth-order valence-corrected chi connectivity index (χ4v) is 2.80. The van der Waals surface area contributed by atoms with E-state index >= 15 is 0 Å². The summed E-state index contributed by atoms with van der Waals surface area (Å²) in [6, 6.07) is 12.9. The summed E-state index contributed by atoms with van der Waals surface area (Å²) in [5, 5.41) is 8.82. The minimum absolute atomic E-state index is 0.0267. The molecule has 0 radical (unpaired) electrons. The molecule has 1 unspecified atom stereocenters. The molecular weight excluding hydrogens is 262 g/mol. The first-order chi connectivity index (χ1) is 10.3. The molecule has 0 aliphatic carbocycles. The minimum atomic E-state index is 0.0267. The molecule has 4 heteroatoms. The zero-order chi connectivity index (χ0) is 14.7. The van der Waals surface area contributed by atoms with E-state index < -0.39 is 0 Å². The Labute approximate surface area is 123 Å². The molecule has 104 valence electrons. The van der Waals surface area contributed by atoms with Crippen LogP contribution in [0.5, 0.6) is 0 Å². The summed E-state index contributed by atoms with van der Waals surface area (Å²) in [5.74, 6) is 0.0267. The maximum Gasteiger partial charge on any atom is 0.254 e. The predicted octanol–water partition coefficient (Wildman–Crippen LogP) is 2.93. The molecule has 0 N–H and O–H groups in total. The molecule has 0 saturated carbocycles. The SMILES string of the molecule is N#Cc1ccc(C(=O)N2CCCC2c2ccncc2)cc1. The molecule has 0 bridgehead atoms. The molecule has 1 aromatic carbocycles. The number of nitriles is 1. The van der Waals surface area contributed by atoms with Crippen LogP contribution < -0.4 is 0 Å². The van der Waals surface area contributed by atoms with Crippen LogP contribution in [0, 0.1) is 11.3 Å². The Morgan fingerprint density at radius 2 is 1.90 bits per heavy atom. The summed E-state index contributed by atoms with van der Waals surface area (Å²) >= 11 is 0. The van der Waals surface area contributed by atoms with Gasteiger partial charge in [-0.05, 0) is 54.8 Å². The summed E-state index contributed by atoms with van der Waals surface area (Å²) < 4.78 is 0. The highest BCUT2D eigenvalue weighted by Crippen LogP contribution is 2.32. The number of hydrogen-bond donors (Lipinski definition) is 0. The molecule has 2 heterocycles. The average Bonchev–Trinajstić information content (AvgIpc) is 3.04. The molecular formula is C17H15N3O. The molecule has 21 heavy (non-hydrogen) atoms. The van der Waals surface area contributed by atoms with E-state index in [-0.39, 0.29) is 11.9 Å². The van der Waals surface area contributed by atoms with E-state index in [1.165, 1.54) is 0 Å². The van der Waals surface area contributed by atoms with Crippen LogP contribution in [0.1, 0.15) is 40.4 Å². The molecule has 2 aromatic rings. The summed E-state index contributed by atoms with van der Waals surface area (Å²) in [4.78, 5) is 18.6. The van der Waals surface area contributed by atoms with Gasteiger partial charge < -0.3 is 4.90 Å². The highest BCUT2D eigenvalue weighted by Gasteiger charge is 2.30. The Morgan fingerprint density at radius 1 is 1.19 bits per heavy atom. The van der Waals surface area contributed by atoms with Gasteiger partial charge in [0.1, 0.15) is 0 Å². The van der Waals surface area contributed by atoms with Gasteiger partial charge in [-0.3, -0.25) is 9.78 Å². The van der Waals surface area contributed by atoms with Gasteiger partial charge in [-0.2, -0.15) is 5.26 Å². The Bertz CT molecular complexity index is 673. The van der Waals surface area contributed by atoms with Gasteiger partial charge in [0.2, 0.25) is 0 Å². The standard InChI is InChI=1S/C17H15N3O/c18-12-13-3-5-15(6-4-13)17(21)20-11-1-2-16(20)14-7-9-19-10-8-14/h3-10,16H,1-2,11H2. The lowest BCUT2D eigenvalue weighted by molar-refractivity contribution is 0.0735. The van der Waals surface area contributed by atoms with Crippen molar-refractivity contribution in [2.75, 3.05) is 6.54 Å². The number of carbonyl (C=O) groups excluding carboxylic acids is 1. The van der Waals surface area contributed by atoms with Crippen molar-refractivity contribution < 1.29 is 4.79 Å². The maximum absolute atomic E-state index is 12.7. The minimum Gasteiger partial charge on any atom is -0.332 e. The lowest BCUT2D eigenvalue weighted by atomic mass is 10.1. The molecule has 1 aromatic heterocycles. The zero-order valence-corrected chi connectivity index (χ0v) is 11.6. The highest BCUT2D eigenvalue weighted by molar-refractivity contribution is 5.94. The van der Waals surface area contributed by atoms with Crippen LogP contribution in [-0.2, 0) is 0 Å². The van der Waals surface area contributed by atoms with Crippen LogP contribution in [0.2, 0.25) is 0 Å². The van der Waals surface area contributed by atoms with Gasteiger partial charge in [0.05, 0.1) is 17.7 Å². The van der Waals surface area contributed by atoms with Crippen LogP contribution in [0.4, 0.5) is 0 Å². The number of likely N-dealkylation sites (tertiary alicyclic amines) is 1. The molecule has 1 aliphatic heterocycles. The van der Waals surface area contributed by atoms with Gasteiger partial charge in [-0.15, -0.1) is 0 Å². The first-order valence-corrected chi connectivity index (χ1v) is 7.00. The number of amides is 1. The van der Waals surface area contributed by atoms with Gasteiger partial charge in [0.15, 0.2) is 0 Å². The normalized spacial score (nSPS) is 17.5. The monoisotopic (exact) mass is 277 g/mol. The number of pyridine rings is 1. The van der Waals surface area contributed by atoms with Crippen molar-refractivity contribution in [3.05, 3.63) is 65.5 Å². The number of rotatable bonds is 2. The van der Waals surface area contributed by atoms with Crippen LogP contribution in [0.25, 0.3) is 0 Å². The summed E-state index contributed by atoms with van der Waals surface area (Å²) in [7, 11) is 0. The van der Waals surface area contributed by atoms with Gasteiger partial charge >= 0.3 is 0 Å². The van der Waals surface area contributed by atoms with Gasteiger partial charge in [0.25, 0.3) is 5.91 Å². The third-order valence-corrected chi connectivity index (χ3v) is 3.87. The maximum atomic E-state index is 12.7. The van der Waals surface area contributed by atoms with Crippen molar-refractivity contribution >= 4 is 5.91 Å². The average molecular weight is 277 g/mol. The van der Waals surface area contributed by atoms with Crippen molar-refractivity contribution in [2.24, 2.45) is 0 Å². The molecule has 1 aliphatic rings. The molecule has 0 spiro atoms. The molecule has 1 fully saturated rings. The number of carbonyl (C=O) groups is 1. The van der Waals surface area contributed by atoms with E-state index in [4.69, 9.17) is 5.26 Å². The third-order valence-electron chi connectivity index (χ3n) is 3.87. The summed E-state index contributed by atoms with van der Waals surface area (Å²) in [5.41, 5.74) is 2.33. The zero-order valence-electron chi connectivity index (χ0n) is 11.6. The van der Waals surface area contributed by atoms with Crippen molar-refractivity contribution in [2.45, 2.75) is 18.9 Å². The van der Waals surface area contributed by atoms with E-state index in [9.17, 15) is 4.79 Å². The summed E-state index contributed by atoms with van der Waals surface area (Å²) in [6.45, 7) is 0.770. The van der Waals surface area contributed by atoms with E-state index in [1.54, 1.807) is 36.7 Å². The quantitative estimate of drug-likeness (QED) is 0.848. The van der Waals surface area contributed by atoms with E-state index in [0.29, 0.717) is 11.1 Å². The van der Waals surface area contributed by atoms with Crippen LogP contribution in [-0.4, -0.2) is 22.3 Å². The number of aromatic nitrogens is 1. The van der Waals surface area contributed by atoms with Gasteiger partial charge in [-0.1, -0.05) is 0 Å². The van der Waals surface area contributed by atoms with Crippen LogP contribution in [0.3, 0.4) is 0 Å². The molecule has 4 nitrogen and oxygen atoms in total. The largest absolute Gasteiger partial charge is 0.332 e. The van der Waals surface area contributed by atoms with Crippen molar-refractivity contribution in [1.29, 1.82) is 5.26 Å². The van der Waals surface area contributed by atoms with Crippen molar-refractivity contribution in [1.82, 2.24) is 9.88 Å². The first kappa shape index (κ1) is 13.3. The second-order valence-electron chi connectivity index (χ2n) is 5.13. The fraction of sp³-hybridized carbons (Fsp3) is 0.235. The van der Waals surface area contributed by atoms with Gasteiger partial charge in [0, 0.05) is 24.5 Å². The molecule has 1 saturated heterocycles. The third kappa shape index (κ3) is 2.63. The fourth-order valence-electron chi connectivity index (χ4n) is 2.80. The Hall–Kier alpha value is -2.67. The number of hydrogen-bond acceptors (Lipinski definition) is 3. The first-order valence-electron chi connectivity index (χ1n) is 7.00. The molecule has 1 amide bonds. The lowest BCUT2D eigenvalue weighted by Gasteiger charge is -2.25. The van der Waals surface area contributed by atoms with Crippen molar-refractivity contribution in [3.8, 4) is 6.07 Å². The van der Waals surface area contributed by atoms with Crippen LogP contribution >= 0.6 is 0 Å². The number of benzene rings is 1. The van der Waals surface area contributed by atoms with E-state index in [1.807, 2.05) is 17.0 Å². The predicted molar refractivity (Wildman–Crippen MR) is 78.4 cm³/mol. The summed E-state index contributed by atoms with van der Waals surface area (Å²) in [6.07, 6.45) is 5.51. The second-order valence-corrected chi connectivity index (χ2v) is 5.13. The topological polar surface area (TPSA) is 57.0 Å². The Morgan fingerprint density at radius 3 is 2.57 bits per heavy atom. The van der Waals surface area contributed by atoms with Gasteiger partial charge in [-0.25, -0.2) is 0 Å². The Balaban J connectivity index is 1.84. The van der Waals surface area contributed by atoms with E-state index in [2.05, 4.69) is 11.1 Å². The second kappa shape index (κ2) is 5.76. The van der Waals surface area contributed by atoms with Crippen molar-refractivity contribution in [3.63, 3.8) is 0 Å². The number of nitrogens with zero attached hydrogens (tertiary/aromatic N) is 3. The smallest absolute Gasteiger partial charge is 0.254 e. The molecule has 3 rings (SSSR count). The van der Waals surface area contributed by atoms with E-state index in [0.717, 1.165) is 24.9 Å². The van der Waals surface area contributed by atoms with Crippen LogP contribution in [0.15, 0.2) is 48.8 Å².